The second kappa shape index (κ2) is 9.96. The van der Waals surface area contributed by atoms with E-state index >= 15 is 0 Å². The van der Waals surface area contributed by atoms with Crippen molar-refractivity contribution in [3.05, 3.63) is 65.5 Å². The van der Waals surface area contributed by atoms with Gasteiger partial charge in [-0.1, -0.05) is 51.0 Å². The first kappa shape index (κ1) is 20.7. The summed E-state index contributed by atoms with van der Waals surface area (Å²) in [5.41, 5.74) is 2.86. The first-order valence-corrected chi connectivity index (χ1v) is 10.3. The molecule has 0 aliphatic carbocycles. The molecule has 2 heterocycles. The largest absolute Gasteiger partial charge is 0.478 e. The van der Waals surface area contributed by atoms with Crippen LogP contribution >= 0.6 is 0 Å². The standard InChI is InChI=1S/C23H28N4O2/c1-3-5-6-8-22-25-21(7-4-2)26-27(22)16-17-9-11-18(12-10-17)19-13-14-24-15-20(19)23(28)29/h9-15H,3-8,16H2,1-2H3,(H,28,29). The number of aromatic nitrogens is 4. The second-order valence-electron chi connectivity index (χ2n) is 7.23. The Balaban J connectivity index is 1.80. The van der Waals surface area contributed by atoms with Crippen LogP contribution in [0, 0.1) is 0 Å². The van der Waals surface area contributed by atoms with Crippen molar-refractivity contribution >= 4 is 5.97 Å². The Labute approximate surface area is 171 Å². The molecule has 0 radical (unpaired) electrons. The molecule has 6 nitrogen and oxygen atoms in total. The number of nitrogens with zero attached hydrogens (tertiary/aromatic N) is 4. The first-order chi connectivity index (χ1) is 14.1. The van der Waals surface area contributed by atoms with Crippen LogP contribution in [0.25, 0.3) is 11.1 Å². The molecule has 152 valence electrons. The van der Waals surface area contributed by atoms with Crippen LogP contribution < -0.4 is 0 Å². The zero-order valence-electron chi connectivity index (χ0n) is 17.1. The Kier molecular flexibility index (Phi) is 7.11. The molecule has 0 amide bonds. The fourth-order valence-corrected chi connectivity index (χ4v) is 3.38. The average Bonchev–Trinajstić information content (AvgIpc) is 3.10. The summed E-state index contributed by atoms with van der Waals surface area (Å²) in [5.74, 6) is 0.992. The smallest absolute Gasteiger partial charge is 0.337 e. The summed E-state index contributed by atoms with van der Waals surface area (Å²) in [6.07, 6.45) is 9.38. The lowest BCUT2D eigenvalue weighted by atomic mass is 10.0. The maximum absolute atomic E-state index is 11.4. The van der Waals surface area contributed by atoms with Gasteiger partial charge in [0.05, 0.1) is 12.1 Å². The fourth-order valence-electron chi connectivity index (χ4n) is 3.38. The Bertz CT molecular complexity index is 948. The number of pyridine rings is 1. The van der Waals surface area contributed by atoms with E-state index in [1.54, 1.807) is 12.3 Å². The minimum atomic E-state index is -0.972. The number of hydrogen-bond acceptors (Lipinski definition) is 4. The first-order valence-electron chi connectivity index (χ1n) is 10.3. The van der Waals surface area contributed by atoms with Crippen molar-refractivity contribution < 1.29 is 9.90 Å². The van der Waals surface area contributed by atoms with E-state index in [1.165, 1.54) is 19.0 Å². The van der Waals surface area contributed by atoms with Crippen LogP contribution in [0.2, 0.25) is 0 Å². The van der Waals surface area contributed by atoms with Gasteiger partial charge in [0.15, 0.2) is 5.82 Å². The SMILES string of the molecule is CCCCCc1nc(CCC)nn1Cc1ccc(-c2ccncc2C(=O)O)cc1. The van der Waals surface area contributed by atoms with E-state index in [0.29, 0.717) is 12.1 Å². The van der Waals surface area contributed by atoms with Gasteiger partial charge in [-0.2, -0.15) is 5.10 Å². The van der Waals surface area contributed by atoms with Crippen molar-refractivity contribution in [2.45, 2.75) is 58.9 Å². The molecule has 0 saturated heterocycles. The second-order valence-corrected chi connectivity index (χ2v) is 7.23. The van der Waals surface area contributed by atoms with Crippen LogP contribution in [0.3, 0.4) is 0 Å². The van der Waals surface area contributed by atoms with Gasteiger partial charge in [0.2, 0.25) is 0 Å². The molecule has 1 aromatic carbocycles. The number of unbranched alkanes of at least 4 members (excludes halogenated alkanes) is 2. The molecule has 0 aliphatic rings. The van der Waals surface area contributed by atoms with Crippen LogP contribution in [0.4, 0.5) is 0 Å². The number of carboxylic acid groups (broad SMARTS) is 1. The van der Waals surface area contributed by atoms with Crippen molar-refractivity contribution in [1.29, 1.82) is 0 Å². The number of carboxylic acids is 1. The quantitative estimate of drug-likeness (QED) is 0.503. The number of hydrogen-bond donors (Lipinski definition) is 1. The highest BCUT2D eigenvalue weighted by Crippen LogP contribution is 2.24. The lowest BCUT2D eigenvalue weighted by Gasteiger charge is -2.09. The molecule has 0 aliphatic heterocycles. The van der Waals surface area contributed by atoms with Crippen molar-refractivity contribution in [3.8, 4) is 11.1 Å². The summed E-state index contributed by atoms with van der Waals surface area (Å²) in [5, 5.41) is 14.1. The lowest BCUT2D eigenvalue weighted by Crippen LogP contribution is -2.07. The van der Waals surface area contributed by atoms with E-state index < -0.39 is 5.97 Å². The molecule has 0 spiro atoms. The van der Waals surface area contributed by atoms with E-state index in [2.05, 4.69) is 18.8 Å². The van der Waals surface area contributed by atoms with Gasteiger partial charge < -0.3 is 5.11 Å². The predicted octanol–water partition coefficient (Wildman–Crippen LogP) is 4.77. The van der Waals surface area contributed by atoms with Crippen molar-refractivity contribution in [2.24, 2.45) is 0 Å². The topological polar surface area (TPSA) is 80.9 Å². The normalized spacial score (nSPS) is 11.0. The molecule has 3 rings (SSSR count). The monoisotopic (exact) mass is 392 g/mol. The van der Waals surface area contributed by atoms with E-state index in [9.17, 15) is 9.90 Å². The Morgan fingerprint density at radius 1 is 1.03 bits per heavy atom. The van der Waals surface area contributed by atoms with E-state index in [0.717, 1.165) is 48.5 Å². The molecule has 2 aromatic heterocycles. The Hall–Kier alpha value is -3.02. The Morgan fingerprint density at radius 2 is 1.83 bits per heavy atom. The molecular formula is C23H28N4O2. The molecule has 3 aromatic rings. The fraction of sp³-hybridized carbons (Fsp3) is 0.391. The third-order valence-corrected chi connectivity index (χ3v) is 4.92. The molecule has 0 atom stereocenters. The molecule has 1 N–H and O–H groups in total. The zero-order chi connectivity index (χ0) is 20.6. The summed E-state index contributed by atoms with van der Waals surface area (Å²) < 4.78 is 2.02. The third-order valence-electron chi connectivity index (χ3n) is 4.92. The molecule has 29 heavy (non-hydrogen) atoms. The summed E-state index contributed by atoms with van der Waals surface area (Å²) in [6, 6.07) is 9.70. The summed E-state index contributed by atoms with van der Waals surface area (Å²) in [4.78, 5) is 20.1. The van der Waals surface area contributed by atoms with Crippen LogP contribution in [-0.2, 0) is 19.4 Å². The van der Waals surface area contributed by atoms with Crippen molar-refractivity contribution in [2.75, 3.05) is 0 Å². The minimum Gasteiger partial charge on any atom is -0.478 e. The maximum Gasteiger partial charge on any atom is 0.337 e. The highest BCUT2D eigenvalue weighted by Gasteiger charge is 2.13. The molecule has 0 saturated carbocycles. The van der Waals surface area contributed by atoms with Gasteiger partial charge in [-0.3, -0.25) is 4.98 Å². The summed E-state index contributed by atoms with van der Waals surface area (Å²) in [7, 11) is 0. The zero-order valence-corrected chi connectivity index (χ0v) is 17.1. The highest BCUT2D eigenvalue weighted by atomic mass is 16.4. The van der Waals surface area contributed by atoms with Gasteiger partial charge in [-0.25, -0.2) is 14.5 Å². The predicted molar refractivity (Wildman–Crippen MR) is 113 cm³/mol. The summed E-state index contributed by atoms with van der Waals surface area (Å²) in [6.45, 7) is 5.01. The molecule has 0 unspecified atom stereocenters. The Morgan fingerprint density at radius 3 is 2.52 bits per heavy atom. The minimum absolute atomic E-state index is 0.207. The summed E-state index contributed by atoms with van der Waals surface area (Å²) >= 11 is 0. The van der Waals surface area contributed by atoms with E-state index in [-0.39, 0.29) is 5.56 Å². The van der Waals surface area contributed by atoms with Crippen molar-refractivity contribution in [3.63, 3.8) is 0 Å². The van der Waals surface area contributed by atoms with Gasteiger partial charge in [-0.15, -0.1) is 0 Å². The van der Waals surface area contributed by atoms with Crippen LogP contribution in [-0.4, -0.2) is 30.8 Å². The number of rotatable bonds is 10. The van der Waals surface area contributed by atoms with Gasteiger partial charge in [0.25, 0.3) is 0 Å². The molecular weight excluding hydrogens is 364 g/mol. The van der Waals surface area contributed by atoms with Gasteiger partial charge in [-0.05, 0) is 35.6 Å². The third kappa shape index (κ3) is 5.28. The van der Waals surface area contributed by atoms with E-state index in [4.69, 9.17) is 10.1 Å². The van der Waals surface area contributed by atoms with Crippen LogP contribution in [0.5, 0.6) is 0 Å². The van der Waals surface area contributed by atoms with Crippen LogP contribution in [0.1, 0.15) is 67.1 Å². The molecule has 0 fully saturated rings. The molecule has 6 heteroatoms. The number of benzene rings is 1. The maximum atomic E-state index is 11.4. The van der Waals surface area contributed by atoms with Gasteiger partial charge in [0.1, 0.15) is 5.82 Å². The molecule has 0 bridgehead atoms. The average molecular weight is 393 g/mol. The van der Waals surface area contributed by atoms with Crippen LogP contribution in [0.15, 0.2) is 42.7 Å². The number of aryl methyl sites for hydroxylation is 2. The van der Waals surface area contributed by atoms with E-state index in [1.807, 2.05) is 28.9 Å². The highest BCUT2D eigenvalue weighted by molar-refractivity contribution is 5.95. The van der Waals surface area contributed by atoms with Crippen molar-refractivity contribution in [1.82, 2.24) is 19.7 Å². The number of carbonyl (C=O) groups is 1. The van der Waals surface area contributed by atoms with Gasteiger partial charge >= 0.3 is 5.97 Å². The lowest BCUT2D eigenvalue weighted by molar-refractivity contribution is 0.0697. The number of aromatic carboxylic acids is 1. The van der Waals surface area contributed by atoms with Gasteiger partial charge in [0, 0.05) is 25.2 Å².